The zero-order chi connectivity index (χ0) is 15.8. The summed E-state index contributed by atoms with van der Waals surface area (Å²) in [7, 11) is 0. The molecule has 0 radical (unpaired) electrons. The predicted molar refractivity (Wildman–Crippen MR) is 104 cm³/mol. The molecule has 2 heteroatoms. The van der Waals surface area contributed by atoms with E-state index in [1.165, 1.54) is 57.8 Å². The van der Waals surface area contributed by atoms with Crippen molar-refractivity contribution < 1.29 is 0 Å². The average molecular weight is 425 g/mol. The molecule has 22 heavy (non-hydrogen) atoms. The van der Waals surface area contributed by atoms with Crippen molar-refractivity contribution in [2.24, 2.45) is 0 Å². The fourth-order valence-corrected chi connectivity index (χ4v) is 24.8. The third kappa shape index (κ3) is 4.63. The Kier molecular flexibility index (Phi) is 8.03. The summed E-state index contributed by atoms with van der Waals surface area (Å²) in [4.78, 5) is 1.60. The standard InChI is InChI=1S/C12H16S.2C4H9.Sn/c1-2-3-4-5-6-7-9-12-10-8-11-13-12;2*1-3-4-2;/h8,10-11H,2-4,7,9H2,1H3;2*1,3-4H2,2H3;. The number of thiophene rings is 1. The molecule has 0 aromatic carbocycles. The number of hydrogen-bond donors (Lipinski definition) is 0. The molecule has 0 bridgehead atoms. The van der Waals surface area contributed by atoms with E-state index in [0.29, 0.717) is 0 Å². The molecule has 0 aliphatic carbocycles. The molecular formula is C20H34SSn. The molecule has 124 valence electrons. The van der Waals surface area contributed by atoms with Gasteiger partial charge in [0.1, 0.15) is 0 Å². The number of aryl methyl sites for hydroxylation is 1. The van der Waals surface area contributed by atoms with Crippen LogP contribution in [0.4, 0.5) is 0 Å². The van der Waals surface area contributed by atoms with Crippen molar-refractivity contribution in [1.82, 2.24) is 0 Å². The van der Waals surface area contributed by atoms with E-state index < -0.39 is 18.4 Å². The molecule has 0 unspecified atom stereocenters. The monoisotopic (exact) mass is 426 g/mol. The van der Waals surface area contributed by atoms with E-state index >= 15 is 0 Å². The first-order valence-electron chi connectivity index (χ1n) is 9.53. The van der Waals surface area contributed by atoms with Crippen LogP contribution in [-0.2, 0) is 6.42 Å². The molecule has 1 aromatic heterocycles. The van der Waals surface area contributed by atoms with Gasteiger partial charge in [-0.2, -0.15) is 0 Å². The van der Waals surface area contributed by atoms with Gasteiger partial charge in [-0.25, -0.2) is 0 Å². The van der Waals surface area contributed by atoms with Gasteiger partial charge in [-0.05, 0) is 0 Å². The van der Waals surface area contributed by atoms with Crippen molar-refractivity contribution in [2.45, 2.75) is 87.4 Å². The number of unbranched alkanes of at least 4 members (excludes halogenated alkanes) is 3. The summed E-state index contributed by atoms with van der Waals surface area (Å²) in [6, 6.07) is 4.54. The van der Waals surface area contributed by atoms with E-state index in [4.69, 9.17) is 0 Å². The second-order valence-electron chi connectivity index (χ2n) is 6.93. The van der Waals surface area contributed by atoms with Crippen molar-refractivity contribution >= 4 is 29.7 Å². The van der Waals surface area contributed by atoms with Crippen molar-refractivity contribution in [3.63, 3.8) is 0 Å². The van der Waals surface area contributed by atoms with Crippen molar-refractivity contribution in [3.05, 3.63) is 29.6 Å². The van der Waals surface area contributed by atoms with Crippen LogP contribution in [0.15, 0.2) is 24.7 Å². The van der Waals surface area contributed by atoms with Crippen LogP contribution in [0.25, 0.3) is 0 Å². The molecule has 0 spiro atoms. The van der Waals surface area contributed by atoms with E-state index in [-0.39, 0.29) is 0 Å². The van der Waals surface area contributed by atoms with Gasteiger partial charge in [0.2, 0.25) is 0 Å². The summed E-state index contributed by atoms with van der Waals surface area (Å²) in [5, 5.41) is 2.24. The van der Waals surface area contributed by atoms with Crippen LogP contribution >= 0.6 is 11.3 Å². The maximum atomic E-state index is 2.37. The first-order chi connectivity index (χ1) is 10.8. The quantitative estimate of drug-likeness (QED) is 0.308. The van der Waals surface area contributed by atoms with Gasteiger partial charge < -0.3 is 0 Å². The molecule has 1 aromatic rings. The minimum atomic E-state index is -1.93. The maximum absolute atomic E-state index is 2.37. The van der Waals surface area contributed by atoms with Gasteiger partial charge in [0.05, 0.1) is 0 Å². The topological polar surface area (TPSA) is 0 Å². The van der Waals surface area contributed by atoms with E-state index in [1.54, 1.807) is 13.8 Å². The zero-order valence-corrected chi connectivity index (χ0v) is 18.6. The Hall–Kier alpha value is 0.239. The summed E-state index contributed by atoms with van der Waals surface area (Å²) >= 11 is 0.0143. The average Bonchev–Trinajstić information content (AvgIpc) is 2.88. The summed E-state index contributed by atoms with van der Waals surface area (Å²) < 4.78 is 7.46. The number of hydrogen-bond acceptors (Lipinski definition) is 1. The van der Waals surface area contributed by atoms with Crippen LogP contribution in [0.5, 0.6) is 0 Å². The Labute approximate surface area is 146 Å². The molecule has 0 N–H and O–H groups in total. The van der Waals surface area contributed by atoms with Crippen molar-refractivity contribution in [1.29, 1.82) is 0 Å². The first-order valence-corrected chi connectivity index (χ1v) is 17.3. The van der Waals surface area contributed by atoms with Crippen LogP contribution in [0.3, 0.4) is 0 Å². The summed E-state index contributed by atoms with van der Waals surface area (Å²) in [6.07, 6.45) is 12.8. The Balaban J connectivity index is 2.01. The van der Waals surface area contributed by atoms with E-state index in [9.17, 15) is 0 Å². The molecular weight excluding hydrogens is 391 g/mol. The second kappa shape index (κ2) is 9.51. The minimum absolute atomic E-state index is 1.32. The summed E-state index contributed by atoms with van der Waals surface area (Å²) in [5.41, 5.74) is 0. The van der Waals surface area contributed by atoms with Crippen molar-refractivity contribution in [3.8, 4) is 0 Å². The third-order valence-corrected chi connectivity index (χ3v) is 22.2. The van der Waals surface area contributed by atoms with Gasteiger partial charge in [-0.3, -0.25) is 0 Å². The molecule has 1 aliphatic heterocycles. The van der Waals surface area contributed by atoms with Crippen LogP contribution in [0.2, 0.25) is 8.87 Å². The van der Waals surface area contributed by atoms with Gasteiger partial charge in [-0.15, -0.1) is 0 Å². The third-order valence-electron chi connectivity index (χ3n) is 5.35. The number of allylic oxidation sites excluding steroid dienone is 2. The van der Waals surface area contributed by atoms with Gasteiger partial charge in [0.25, 0.3) is 0 Å². The fraction of sp³-hybridized carbons (Fsp3) is 0.700. The van der Waals surface area contributed by atoms with Gasteiger partial charge >= 0.3 is 147 Å². The molecule has 0 amide bonds. The molecule has 1 aliphatic rings. The van der Waals surface area contributed by atoms with Crippen LogP contribution < -0.4 is 0 Å². The van der Waals surface area contributed by atoms with Crippen LogP contribution in [-0.4, -0.2) is 18.4 Å². The summed E-state index contributed by atoms with van der Waals surface area (Å²) in [5.74, 6) is 0. The first kappa shape index (κ1) is 18.6. The molecule has 2 heterocycles. The summed E-state index contributed by atoms with van der Waals surface area (Å²) in [6.45, 7) is 7.10. The molecule has 2 rings (SSSR count). The predicted octanol–water partition coefficient (Wildman–Crippen LogP) is 7.31. The Morgan fingerprint density at radius 1 is 0.818 bits per heavy atom. The van der Waals surface area contributed by atoms with E-state index in [0.717, 1.165) is 0 Å². The van der Waals surface area contributed by atoms with Crippen LogP contribution in [0.1, 0.15) is 77.0 Å². The zero-order valence-electron chi connectivity index (χ0n) is 14.9. The van der Waals surface area contributed by atoms with Gasteiger partial charge in [-0.1, -0.05) is 0 Å². The van der Waals surface area contributed by atoms with E-state index in [1.807, 2.05) is 11.3 Å². The molecule has 0 fully saturated rings. The molecule has 0 nitrogen and oxygen atoms in total. The molecule has 0 saturated heterocycles. The fourth-order valence-electron chi connectivity index (χ4n) is 4.01. The molecule has 0 saturated carbocycles. The Morgan fingerprint density at radius 2 is 1.45 bits per heavy atom. The SMILES string of the molecule is CCCC[C]1=[C](CCc2cccs2)[Sn]1([CH2]CCC)[CH2]CCC. The van der Waals surface area contributed by atoms with E-state index in [2.05, 4.69) is 45.5 Å². The van der Waals surface area contributed by atoms with Gasteiger partial charge in [0.15, 0.2) is 0 Å². The Bertz CT molecular complexity index is 450. The van der Waals surface area contributed by atoms with Crippen molar-refractivity contribution in [2.75, 3.05) is 0 Å². The number of rotatable bonds is 12. The Morgan fingerprint density at radius 3 is 2.00 bits per heavy atom. The second-order valence-corrected chi connectivity index (χ2v) is 20.4. The van der Waals surface area contributed by atoms with Gasteiger partial charge in [0, 0.05) is 0 Å². The normalized spacial score (nSPS) is 16.3. The van der Waals surface area contributed by atoms with Crippen LogP contribution in [0, 0.1) is 0 Å². The molecule has 0 atom stereocenters.